The van der Waals surface area contributed by atoms with Gasteiger partial charge in [-0.15, -0.1) is 0 Å². The minimum atomic E-state index is 0.144. The zero-order valence-corrected chi connectivity index (χ0v) is 12.0. The molecule has 3 aromatic heterocycles. The summed E-state index contributed by atoms with van der Waals surface area (Å²) in [5, 5.41) is 0. The maximum absolute atomic E-state index is 5.44. The van der Waals surface area contributed by atoms with Crippen LogP contribution in [0.2, 0.25) is 0 Å². The molecule has 4 aromatic rings. The van der Waals surface area contributed by atoms with Gasteiger partial charge in [-0.25, -0.2) is 15.0 Å². The van der Waals surface area contributed by atoms with Crippen molar-refractivity contribution in [1.29, 1.82) is 0 Å². The Morgan fingerprint density at radius 2 is 1.86 bits per heavy atom. The number of imidazole rings is 1. The summed E-state index contributed by atoms with van der Waals surface area (Å²) in [5.41, 5.74) is 3.48. The zero-order chi connectivity index (χ0) is 14.9. The summed E-state index contributed by atoms with van der Waals surface area (Å²) >= 11 is 0. The SMILES string of the molecule is C[C@H](c1ccccc1)n1cnc2c(-c3ccco3)ncnc21. The average Bonchev–Trinajstić information content (AvgIpc) is 3.24. The van der Waals surface area contributed by atoms with Crippen LogP contribution in [0, 0.1) is 0 Å². The number of furan rings is 1. The van der Waals surface area contributed by atoms with Crippen molar-refractivity contribution in [3.63, 3.8) is 0 Å². The van der Waals surface area contributed by atoms with E-state index in [2.05, 4.69) is 38.6 Å². The fourth-order valence-electron chi connectivity index (χ4n) is 2.62. The van der Waals surface area contributed by atoms with Gasteiger partial charge in [0.1, 0.15) is 17.5 Å². The highest BCUT2D eigenvalue weighted by atomic mass is 16.3. The molecule has 0 bridgehead atoms. The van der Waals surface area contributed by atoms with Crippen LogP contribution >= 0.6 is 0 Å². The third-order valence-electron chi connectivity index (χ3n) is 3.81. The van der Waals surface area contributed by atoms with E-state index in [1.807, 2.05) is 36.7 Å². The van der Waals surface area contributed by atoms with Crippen LogP contribution in [0.3, 0.4) is 0 Å². The smallest absolute Gasteiger partial charge is 0.164 e. The molecule has 22 heavy (non-hydrogen) atoms. The van der Waals surface area contributed by atoms with Gasteiger partial charge in [0.15, 0.2) is 11.4 Å². The van der Waals surface area contributed by atoms with Crippen molar-refractivity contribution in [3.05, 3.63) is 66.9 Å². The predicted molar refractivity (Wildman–Crippen MR) is 83.3 cm³/mol. The van der Waals surface area contributed by atoms with E-state index in [0.717, 1.165) is 11.2 Å². The number of nitrogens with zero attached hydrogens (tertiary/aromatic N) is 4. The number of aromatic nitrogens is 4. The molecule has 5 heteroatoms. The molecule has 3 heterocycles. The lowest BCUT2D eigenvalue weighted by atomic mass is 10.1. The van der Waals surface area contributed by atoms with E-state index in [1.54, 1.807) is 12.6 Å². The highest BCUT2D eigenvalue weighted by Crippen LogP contribution is 2.27. The van der Waals surface area contributed by atoms with Gasteiger partial charge in [0, 0.05) is 0 Å². The topological polar surface area (TPSA) is 56.7 Å². The number of hydrogen-bond donors (Lipinski definition) is 0. The first kappa shape index (κ1) is 12.8. The van der Waals surface area contributed by atoms with Crippen LogP contribution in [-0.2, 0) is 0 Å². The highest BCUT2D eigenvalue weighted by Gasteiger charge is 2.17. The molecule has 0 amide bonds. The molecule has 1 aromatic carbocycles. The van der Waals surface area contributed by atoms with Crippen LogP contribution in [0.4, 0.5) is 0 Å². The molecule has 0 spiro atoms. The summed E-state index contributed by atoms with van der Waals surface area (Å²) in [7, 11) is 0. The van der Waals surface area contributed by atoms with E-state index in [4.69, 9.17) is 4.42 Å². The van der Waals surface area contributed by atoms with Gasteiger partial charge < -0.3 is 8.98 Å². The molecule has 108 valence electrons. The van der Waals surface area contributed by atoms with E-state index in [9.17, 15) is 0 Å². The predicted octanol–water partition coefficient (Wildman–Crippen LogP) is 3.70. The summed E-state index contributed by atoms with van der Waals surface area (Å²) < 4.78 is 7.50. The van der Waals surface area contributed by atoms with E-state index in [1.165, 1.54) is 5.56 Å². The first-order valence-corrected chi connectivity index (χ1v) is 7.11. The Morgan fingerprint density at radius 1 is 1.00 bits per heavy atom. The second kappa shape index (κ2) is 5.11. The van der Waals surface area contributed by atoms with Crippen molar-refractivity contribution in [2.75, 3.05) is 0 Å². The Labute approximate surface area is 127 Å². The molecule has 0 aliphatic carbocycles. The zero-order valence-electron chi connectivity index (χ0n) is 12.0. The average molecular weight is 290 g/mol. The van der Waals surface area contributed by atoms with Crippen LogP contribution in [0.1, 0.15) is 18.5 Å². The van der Waals surface area contributed by atoms with Crippen LogP contribution in [-0.4, -0.2) is 19.5 Å². The number of benzene rings is 1. The molecule has 0 unspecified atom stereocenters. The molecule has 0 saturated heterocycles. The Kier molecular flexibility index (Phi) is 2.96. The largest absolute Gasteiger partial charge is 0.463 e. The minimum absolute atomic E-state index is 0.144. The molecule has 4 rings (SSSR count). The summed E-state index contributed by atoms with van der Waals surface area (Å²) in [4.78, 5) is 13.2. The maximum atomic E-state index is 5.44. The molecular formula is C17H14N4O. The van der Waals surface area contributed by atoms with Crippen LogP contribution in [0.5, 0.6) is 0 Å². The first-order valence-electron chi connectivity index (χ1n) is 7.11. The van der Waals surface area contributed by atoms with Gasteiger partial charge in [-0.3, -0.25) is 0 Å². The summed E-state index contributed by atoms with van der Waals surface area (Å²) in [6.07, 6.45) is 4.99. The van der Waals surface area contributed by atoms with Gasteiger partial charge in [-0.1, -0.05) is 30.3 Å². The molecule has 0 radical (unpaired) electrons. The standard InChI is InChI=1S/C17H14N4O/c1-12(13-6-3-2-4-7-13)21-11-20-16-15(14-8-5-9-22-14)18-10-19-17(16)21/h2-12H,1H3/t12-/m1/s1. The van der Waals surface area contributed by atoms with Crippen molar-refractivity contribution >= 4 is 11.2 Å². The van der Waals surface area contributed by atoms with Gasteiger partial charge in [-0.05, 0) is 24.6 Å². The van der Waals surface area contributed by atoms with Crippen LogP contribution in [0.25, 0.3) is 22.6 Å². The highest BCUT2D eigenvalue weighted by molar-refractivity contribution is 5.85. The third kappa shape index (κ3) is 1.98. The van der Waals surface area contributed by atoms with Crippen molar-refractivity contribution in [2.24, 2.45) is 0 Å². The van der Waals surface area contributed by atoms with E-state index >= 15 is 0 Å². The lowest BCUT2D eigenvalue weighted by molar-refractivity contribution is 0.580. The van der Waals surface area contributed by atoms with Crippen molar-refractivity contribution in [3.8, 4) is 11.5 Å². The molecule has 0 fully saturated rings. The first-order chi connectivity index (χ1) is 10.8. The van der Waals surface area contributed by atoms with Gasteiger partial charge >= 0.3 is 0 Å². The van der Waals surface area contributed by atoms with E-state index in [0.29, 0.717) is 11.5 Å². The molecular weight excluding hydrogens is 276 g/mol. The van der Waals surface area contributed by atoms with Gasteiger partial charge in [0.25, 0.3) is 0 Å². The normalized spacial score (nSPS) is 12.6. The monoisotopic (exact) mass is 290 g/mol. The number of hydrogen-bond acceptors (Lipinski definition) is 4. The Balaban J connectivity index is 1.86. The molecule has 5 nitrogen and oxygen atoms in total. The third-order valence-corrected chi connectivity index (χ3v) is 3.81. The maximum Gasteiger partial charge on any atom is 0.164 e. The summed E-state index contributed by atoms with van der Waals surface area (Å²) in [6.45, 7) is 2.13. The Hall–Kier alpha value is -2.95. The Bertz CT molecular complexity index is 897. The van der Waals surface area contributed by atoms with Crippen molar-refractivity contribution < 1.29 is 4.42 Å². The van der Waals surface area contributed by atoms with Crippen LogP contribution in [0.15, 0.2) is 65.8 Å². The Morgan fingerprint density at radius 3 is 2.64 bits per heavy atom. The molecule has 0 saturated carbocycles. The molecule has 1 atom stereocenters. The summed E-state index contributed by atoms with van der Waals surface area (Å²) in [6, 6.07) is 14.2. The quantitative estimate of drug-likeness (QED) is 0.577. The van der Waals surface area contributed by atoms with Gasteiger partial charge in [-0.2, -0.15) is 0 Å². The second-order valence-corrected chi connectivity index (χ2v) is 5.11. The fourth-order valence-corrected chi connectivity index (χ4v) is 2.62. The van der Waals surface area contributed by atoms with Gasteiger partial charge in [0.05, 0.1) is 18.6 Å². The molecule has 0 N–H and O–H groups in total. The summed E-state index contributed by atoms with van der Waals surface area (Å²) in [5.74, 6) is 0.699. The minimum Gasteiger partial charge on any atom is -0.463 e. The van der Waals surface area contributed by atoms with Crippen molar-refractivity contribution in [2.45, 2.75) is 13.0 Å². The molecule has 0 aliphatic rings. The van der Waals surface area contributed by atoms with E-state index < -0.39 is 0 Å². The van der Waals surface area contributed by atoms with Crippen LogP contribution < -0.4 is 0 Å². The van der Waals surface area contributed by atoms with Crippen molar-refractivity contribution in [1.82, 2.24) is 19.5 Å². The number of fused-ring (bicyclic) bond motifs is 1. The van der Waals surface area contributed by atoms with Gasteiger partial charge in [0.2, 0.25) is 0 Å². The fraction of sp³-hybridized carbons (Fsp3) is 0.118. The lowest BCUT2D eigenvalue weighted by Crippen LogP contribution is -2.06. The second-order valence-electron chi connectivity index (χ2n) is 5.11. The van der Waals surface area contributed by atoms with E-state index in [-0.39, 0.29) is 6.04 Å². The molecule has 0 aliphatic heterocycles. The lowest BCUT2D eigenvalue weighted by Gasteiger charge is -2.14. The number of rotatable bonds is 3.